The molecule has 1 unspecified atom stereocenters. The lowest BCUT2D eigenvalue weighted by atomic mass is 10.2. The number of halogens is 1. The van der Waals surface area contributed by atoms with Crippen molar-refractivity contribution in [1.29, 1.82) is 0 Å². The Morgan fingerprint density at radius 1 is 1.56 bits per heavy atom. The number of amides is 1. The van der Waals surface area contributed by atoms with E-state index in [2.05, 4.69) is 31.4 Å². The van der Waals surface area contributed by atoms with E-state index in [4.69, 9.17) is 0 Å². The second-order valence-electron chi connectivity index (χ2n) is 3.80. The molecular formula is C11H17BrN4O2. The zero-order valence-electron chi connectivity index (χ0n) is 10.7. The van der Waals surface area contributed by atoms with E-state index in [0.29, 0.717) is 23.2 Å². The van der Waals surface area contributed by atoms with E-state index in [1.165, 1.54) is 6.20 Å². The number of aromatic nitrogens is 2. The molecule has 0 saturated heterocycles. The van der Waals surface area contributed by atoms with Gasteiger partial charge in [-0.3, -0.25) is 9.59 Å². The van der Waals surface area contributed by atoms with E-state index in [9.17, 15) is 9.59 Å². The molecule has 1 aromatic rings. The van der Waals surface area contributed by atoms with Crippen LogP contribution in [0.4, 0.5) is 5.69 Å². The first-order valence-electron chi connectivity index (χ1n) is 5.79. The number of carbonyl (C=O) groups excluding carboxylic acids is 1. The molecule has 0 aliphatic heterocycles. The lowest BCUT2D eigenvalue weighted by Gasteiger charge is -2.24. The fraction of sp³-hybridized carbons (Fsp3) is 0.545. The minimum atomic E-state index is -0.412. The molecule has 6 nitrogen and oxygen atoms in total. The Morgan fingerprint density at radius 3 is 2.72 bits per heavy atom. The highest BCUT2D eigenvalue weighted by molar-refractivity contribution is 9.10. The monoisotopic (exact) mass is 316 g/mol. The summed E-state index contributed by atoms with van der Waals surface area (Å²) in [5.74, 6) is -0.00724. The van der Waals surface area contributed by atoms with Crippen LogP contribution in [-0.4, -0.2) is 40.1 Å². The molecule has 100 valence electrons. The number of aromatic amines is 1. The van der Waals surface area contributed by atoms with Gasteiger partial charge in [-0.15, -0.1) is 0 Å². The zero-order chi connectivity index (χ0) is 13.7. The number of carbonyl (C=O) groups is 1. The van der Waals surface area contributed by atoms with Crippen molar-refractivity contribution in [3.8, 4) is 0 Å². The molecule has 1 amide bonds. The lowest BCUT2D eigenvalue weighted by molar-refractivity contribution is -0.131. The second-order valence-corrected chi connectivity index (χ2v) is 4.60. The first kappa shape index (κ1) is 14.7. The van der Waals surface area contributed by atoms with E-state index in [0.717, 1.165) is 0 Å². The molecule has 1 atom stereocenters. The molecule has 1 rings (SSSR count). The van der Waals surface area contributed by atoms with Gasteiger partial charge in [-0.1, -0.05) is 0 Å². The van der Waals surface area contributed by atoms with Crippen LogP contribution in [-0.2, 0) is 4.79 Å². The van der Waals surface area contributed by atoms with Crippen molar-refractivity contribution >= 4 is 27.5 Å². The number of hydrogen-bond acceptors (Lipinski definition) is 4. The fourth-order valence-electron chi connectivity index (χ4n) is 1.59. The number of nitrogens with one attached hydrogen (secondary N) is 2. The molecule has 0 aromatic carbocycles. The summed E-state index contributed by atoms with van der Waals surface area (Å²) in [7, 11) is 0. The van der Waals surface area contributed by atoms with Crippen molar-refractivity contribution in [2.45, 2.75) is 26.8 Å². The maximum absolute atomic E-state index is 12.0. The zero-order valence-corrected chi connectivity index (χ0v) is 12.2. The molecule has 2 N–H and O–H groups in total. The standard InChI is InChI=1S/C11H17BrN4O2/c1-4-16(5-2)11(18)7(3)14-8-6-13-15-10(17)9(8)12/h6-7H,4-5H2,1-3H3,(H2,14,15,17). The fourth-order valence-corrected chi connectivity index (χ4v) is 1.89. The Labute approximate surface area is 114 Å². The highest BCUT2D eigenvalue weighted by Crippen LogP contribution is 2.16. The molecular weight excluding hydrogens is 300 g/mol. The molecule has 18 heavy (non-hydrogen) atoms. The Kier molecular flexibility index (Phi) is 5.33. The van der Waals surface area contributed by atoms with Gasteiger partial charge >= 0.3 is 0 Å². The van der Waals surface area contributed by atoms with Gasteiger partial charge in [0.2, 0.25) is 5.91 Å². The first-order chi connectivity index (χ1) is 8.51. The summed E-state index contributed by atoms with van der Waals surface area (Å²) in [6.45, 7) is 6.94. The van der Waals surface area contributed by atoms with Gasteiger partial charge in [-0.2, -0.15) is 5.10 Å². The van der Waals surface area contributed by atoms with Gasteiger partial charge in [-0.25, -0.2) is 5.10 Å². The average molecular weight is 317 g/mol. The molecule has 0 bridgehead atoms. The van der Waals surface area contributed by atoms with Gasteiger partial charge in [0.15, 0.2) is 0 Å². The molecule has 0 aliphatic rings. The minimum absolute atomic E-state index is 0.00724. The van der Waals surface area contributed by atoms with E-state index in [1.807, 2.05) is 13.8 Å². The number of likely N-dealkylation sites (N-methyl/N-ethyl adjacent to an activating group) is 1. The number of hydrogen-bond donors (Lipinski definition) is 2. The van der Waals surface area contributed by atoms with E-state index < -0.39 is 6.04 Å². The molecule has 1 heterocycles. The topological polar surface area (TPSA) is 78.1 Å². The average Bonchev–Trinajstić information content (AvgIpc) is 2.36. The molecule has 0 fully saturated rings. The summed E-state index contributed by atoms with van der Waals surface area (Å²) in [6.07, 6.45) is 1.47. The van der Waals surface area contributed by atoms with Gasteiger partial charge in [0.25, 0.3) is 5.56 Å². The van der Waals surface area contributed by atoms with Crippen molar-refractivity contribution in [3.63, 3.8) is 0 Å². The third kappa shape index (κ3) is 3.32. The van der Waals surface area contributed by atoms with Gasteiger partial charge < -0.3 is 10.2 Å². The largest absolute Gasteiger partial charge is 0.372 e. The first-order valence-corrected chi connectivity index (χ1v) is 6.59. The van der Waals surface area contributed by atoms with Crippen molar-refractivity contribution in [2.24, 2.45) is 0 Å². The van der Waals surface area contributed by atoms with E-state index in [1.54, 1.807) is 11.8 Å². The molecule has 0 aliphatic carbocycles. The highest BCUT2D eigenvalue weighted by Gasteiger charge is 2.19. The van der Waals surface area contributed by atoms with Gasteiger partial charge in [0.1, 0.15) is 10.5 Å². The van der Waals surface area contributed by atoms with Crippen molar-refractivity contribution in [3.05, 3.63) is 21.0 Å². The summed E-state index contributed by atoms with van der Waals surface area (Å²) in [6, 6.07) is -0.412. The Balaban J connectivity index is 2.81. The summed E-state index contributed by atoms with van der Waals surface area (Å²) in [4.78, 5) is 25.1. The third-order valence-corrected chi connectivity index (χ3v) is 3.40. The van der Waals surface area contributed by atoms with Crippen LogP contribution in [0.2, 0.25) is 0 Å². The van der Waals surface area contributed by atoms with Crippen LogP contribution >= 0.6 is 15.9 Å². The molecule has 7 heteroatoms. The summed E-state index contributed by atoms with van der Waals surface area (Å²) >= 11 is 3.16. The van der Waals surface area contributed by atoms with Crippen LogP contribution in [0, 0.1) is 0 Å². The van der Waals surface area contributed by atoms with Crippen LogP contribution in [0.5, 0.6) is 0 Å². The second kappa shape index (κ2) is 6.53. The predicted molar refractivity (Wildman–Crippen MR) is 73.6 cm³/mol. The number of rotatable bonds is 5. The Bertz CT molecular complexity index is 470. The van der Waals surface area contributed by atoms with Crippen LogP contribution in [0.25, 0.3) is 0 Å². The van der Waals surface area contributed by atoms with Crippen molar-refractivity contribution in [1.82, 2.24) is 15.1 Å². The van der Waals surface area contributed by atoms with E-state index in [-0.39, 0.29) is 11.5 Å². The highest BCUT2D eigenvalue weighted by atomic mass is 79.9. The minimum Gasteiger partial charge on any atom is -0.372 e. The van der Waals surface area contributed by atoms with Crippen molar-refractivity contribution < 1.29 is 4.79 Å². The van der Waals surface area contributed by atoms with Crippen molar-refractivity contribution in [2.75, 3.05) is 18.4 Å². The Morgan fingerprint density at radius 2 is 2.17 bits per heavy atom. The third-order valence-electron chi connectivity index (χ3n) is 2.61. The van der Waals surface area contributed by atoms with Gasteiger partial charge in [0.05, 0.1) is 11.9 Å². The lowest BCUT2D eigenvalue weighted by Crippen LogP contribution is -2.41. The molecule has 0 spiro atoms. The maximum Gasteiger partial charge on any atom is 0.280 e. The SMILES string of the molecule is CCN(CC)C(=O)C(C)Nc1cn[nH]c(=O)c1Br. The number of H-pyrrole nitrogens is 1. The smallest absolute Gasteiger partial charge is 0.280 e. The quantitative estimate of drug-likeness (QED) is 0.855. The number of anilines is 1. The number of nitrogens with zero attached hydrogens (tertiary/aromatic N) is 2. The molecule has 1 aromatic heterocycles. The predicted octanol–water partition coefficient (Wildman–Crippen LogP) is 1.20. The van der Waals surface area contributed by atoms with Gasteiger partial charge in [0, 0.05) is 13.1 Å². The summed E-state index contributed by atoms with van der Waals surface area (Å²) in [5, 5.41) is 8.97. The molecule has 0 radical (unpaired) electrons. The van der Waals surface area contributed by atoms with Gasteiger partial charge in [-0.05, 0) is 36.7 Å². The van der Waals surface area contributed by atoms with E-state index >= 15 is 0 Å². The Hall–Kier alpha value is -1.37. The van der Waals surface area contributed by atoms with Crippen LogP contribution in [0.3, 0.4) is 0 Å². The van der Waals surface area contributed by atoms with Crippen LogP contribution in [0.15, 0.2) is 15.5 Å². The molecule has 0 saturated carbocycles. The van der Waals surface area contributed by atoms with Crippen LogP contribution < -0.4 is 10.9 Å². The summed E-state index contributed by atoms with van der Waals surface area (Å²) < 4.78 is 0.344. The summed E-state index contributed by atoms with van der Waals surface area (Å²) in [5.41, 5.74) is 0.175. The maximum atomic E-state index is 12.0. The normalized spacial score (nSPS) is 12.0. The van der Waals surface area contributed by atoms with Crippen LogP contribution in [0.1, 0.15) is 20.8 Å².